The Morgan fingerprint density at radius 1 is 1.38 bits per heavy atom. The average molecular weight is 335 g/mol. The summed E-state index contributed by atoms with van der Waals surface area (Å²) in [6, 6.07) is 0.0802. The van der Waals surface area contributed by atoms with Crippen molar-refractivity contribution in [2.24, 2.45) is 0 Å². The van der Waals surface area contributed by atoms with Crippen LogP contribution in [0.3, 0.4) is 0 Å². The van der Waals surface area contributed by atoms with Gasteiger partial charge in [-0.25, -0.2) is 0 Å². The fraction of sp³-hybridized carbons (Fsp3) is 0.733. The molecule has 3 rings (SSSR count). The number of hydrogen-bond donors (Lipinski definition) is 1. The summed E-state index contributed by atoms with van der Waals surface area (Å²) in [5.74, 6) is 1.42. The molecule has 2 aromatic rings. The molecule has 0 bridgehead atoms. The van der Waals surface area contributed by atoms with Crippen molar-refractivity contribution in [2.75, 3.05) is 13.2 Å². The summed E-state index contributed by atoms with van der Waals surface area (Å²) < 4.78 is 13.4. The van der Waals surface area contributed by atoms with Gasteiger partial charge in [-0.05, 0) is 32.9 Å². The van der Waals surface area contributed by atoms with Crippen molar-refractivity contribution < 1.29 is 9.47 Å². The first kappa shape index (κ1) is 16.8. The quantitative estimate of drug-likeness (QED) is 0.825. The second kappa shape index (κ2) is 6.86. The van der Waals surface area contributed by atoms with Crippen LogP contribution >= 0.6 is 0 Å². The van der Waals surface area contributed by atoms with Gasteiger partial charge in [0.15, 0.2) is 11.6 Å². The molecule has 2 atom stereocenters. The number of ether oxygens (including phenoxy) is 2. The molecule has 0 aromatic carbocycles. The van der Waals surface area contributed by atoms with Gasteiger partial charge in [0.25, 0.3) is 0 Å². The summed E-state index contributed by atoms with van der Waals surface area (Å²) >= 11 is 0. The van der Waals surface area contributed by atoms with Crippen molar-refractivity contribution in [3.8, 4) is 5.75 Å². The van der Waals surface area contributed by atoms with E-state index >= 15 is 0 Å². The molecule has 24 heavy (non-hydrogen) atoms. The van der Waals surface area contributed by atoms with Crippen molar-refractivity contribution in [1.82, 2.24) is 35.3 Å². The van der Waals surface area contributed by atoms with Gasteiger partial charge in [0.1, 0.15) is 6.10 Å². The molecule has 0 saturated carbocycles. The van der Waals surface area contributed by atoms with Crippen molar-refractivity contribution in [3.05, 3.63) is 18.2 Å². The first-order valence-electron chi connectivity index (χ1n) is 8.25. The van der Waals surface area contributed by atoms with Crippen molar-refractivity contribution in [2.45, 2.75) is 58.5 Å². The Morgan fingerprint density at radius 3 is 2.88 bits per heavy atom. The van der Waals surface area contributed by atoms with Crippen LogP contribution in [0.2, 0.25) is 0 Å². The minimum atomic E-state index is -0.174. The number of rotatable bonds is 6. The monoisotopic (exact) mass is 335 g/mol. The van der Waals surface area contributed by atoms with Gasteiger partial charge in [-0.1, -0.05) is 0 Å². The highest BCUT2D eigenvalue weighted by atomic mass is 16.5. The molecule has 132 valence electrons. The highest BCUT2D eigenvalue weighted by molar-refractivity contribution is 5.13. The van der Waals surface area contributed by atoms with Crippen LogP contribution < -0.4 is 10.1 Å². The summed E-state index contributed by atoms with van der Waals surface area (Å²) in [6.07, 6.45) is 3.57. The molecule has 0 aliphatic carbocycles. The summed E-state index contributed by atoms with van der Waals surface area (Å²) in [5.41, 5.74) is -0.174. The lowest BCUT2D eigenvalue weighted by Gasteiger charge is -2.19. The molecule has 0 radical (unpaired) electrons. The van der Waals surface area contributed by atoms with E-state index in [1.54, 1.807) is 11.0 Å². The maximum Gasteiger partial charge on any atom is 0.188 e. The molecule has 0 unspecified atom stereocenters. The van der Waals surface area contributed by atoms with Crippen molar-refractivity contribution in [3.63, 3.8) is 0 Å². The van der Waals surface area contributed by atoms with Crippen LogP contribution in [0.4, 0.5) is 0 Å². The zero-order valence-corrected chi connectivity index (χ0v) is 14.6. The van der Waals surface area contributed by atoms with Gasteiger partial charge in [-0.15, -0.1) is 10.2 Å². The van der Waals surface area contributed by atoms with E-state index < -0.39 is 0 Å². The first-order valence-corrected chi connectivity index (χ1v) is 8.25. The molecule has 3 heterocycles. The van der Waals surface area contributed by atoms with Gasteiger partial charge in [0, 0.05) is 6.54 Å². The van der Waals surface area contributed by atoms with E-state index in [0.717, 1.165) is 12.3 Å². The second-order valence-corrected chi connectivity index (χ2v) is 6.88. The molecule has 2 aromatic heterocycles. The summed E-state index contributed by atoms with van der Waals surface area (Å²) in [5, 5.41) is 20.2. The maximum atomic E-state index is 5.99. The molecule has 1 saturated heterocycles. The Bertz CT molecular complexity index is 661. The molecule has 9 nitrogen and oxygen atoms in total. The molecule has 1 aliphatic rings. The van der Waals surface area contributed by atoms with E-state index in [1.807, 2.05) is 38.6 Å². The number of hydrogen-bond acceptors (Lipinski definition) is 7. The highest BCUT2D eigenvalue weighted by Gasteiger charge is 2.30. The van der Waals surface area contributed by atoms with Crippen molar-refractivity contribution in [1.29, 1.82) is 0 Å². The Morgan fingerprint density at radius 2 is 2.21 bits per heavy atom. The molecular weight excluding hydrogens is 310 g/mol. The Hall–Kier alpha value is -2.00. The normalized spacial score (nSPS) is 21.3. The van der Waals surface area contributed by atoms with E-state index in [2.05, 4.69) is 25.8 Å². The van der Waals surface area contributed by atoms with E-state index in [0.29, 0.717) is 25.6 Å². The Kier molecular flexibility index (Phi) is 4.81. The van der Waals surface area contributed by atoms with Crippen LogP contribution in [0, 0.1) is 0 Å². The van der Waals surface area contributed by atoms with Gasteiger partial charge >= 0.3 is 0 Å². The molecular formula is C15H25N7O2. The Labute approximate surface area is 141 Å². The van der Waals surface area contributed by atoms with E-state index in [1.165, 1.54) is 0 Å². The van der Waals surface area contributed by atoms with Gasteiger partial charge in [0.2, 0.25) is 0 Å². The lowest BCUT2D eigenvalue weighted by molar-refractivity contribution is 0.139. The molecule has 9 heteroatoms. The van der Waals surface area contributed by atoms with Crippen LogP contribution in [-0.4, -0.2) is 55.3 Å². The predicted octanol–water partition coefficient (Wildman–Crippen LogP) is 0.580. The van der Waals surface area contributed by atoms with E-state index in [9.17, 15) is 0 Å². The third-order valence-electron chi connectivity index (χ3n) is 3.83. The SMILES string of the molecule is CCn1cc(O[C@@H]2COC[C@@H]2NCc2nnn(C(C)(C)C)n2)cn1. The van der Waals surface area contributed by atoms with E-state index in [-0.39, 0.29) is 17.7 Å². The molecule has 0 amide bonds. The molecule has 1 fully saturated rings. The standard InChI is InChI=1S/C15H25N7O2/c1-5-21-8-11(6-17-21)24-13-10-23-9-12(13)16-7-14-18-20-22(19-14)15(2,3)4/h6,8,12-13,16H,5,7,9-10H2,1-4H3/t12-,13+/m0/s1. The number of tetrazole rings is 1. The molecule has 1 aliphatic heterocycles. The van der Waals surface area contributed by atoms with Crippen LogP contribution in [0.25, 0.3) is 0 Å². The van der Waals surface area contributed by atoms with Crippen LogP contribution in [0.15, 0.2) is 12.4 Å². The molecule has 1 N–H and O–H groups in total. The number of aryl methyl sites for hydroxylation is 1. The lowest BCUT2D eigenvalue weighted by atomic mass is 10.1. The van der Waals surface area contributed by atoms with Crippen molar-refractivity contribution >= 4 is 0 Å². The highest BCUT2D eigenvalue weighted by Crippen LogP contribution is 2.17. The average Bonchev–Trinajstić information content (AvgIpc) is 3.25. The van der Waals surface area contributed by atoms with Crippen LogP contribution in [0.5, 0.6) is 5.75 Å². The second-order valence-electron chi connectivity index (χ2n) is 6.88. The van der Waals surface area contributed by atoms with Gasteiger partial charge < -0.3 is 14.8 Å². The first-order chi connectivity index (χ1) is 11.5. The van der Waals surface area contributed by atoms with Gasteiger partial charge in [-0.3, -0.25) is 4.68 Å². The summed E-state index contributed by atoms with van der Waals surface area (Å²) in [7, 11) is 0. The summed E-state index contributed by atoms with van der Waals surface area (Å²) in [4.78, 5) is 1.63. The van der Waals surface area contributed by atoms with E-state index in [4.69, 9.17) is 9.47 Å². The van der Waals surface area contributed by atoms with Gasteiger partial charge in [-0.2, -0.15) is 9.90 Å². The maximum absolute atomic E-state index is 5.99. The fourth-order valence-corrected chi connectivity index (χ4v) is 2.41. The van der Waals surface area contributed by atoms with Crippen LogP contribution in [-0.2, 0) is 23.4 Å². The fourth-order valence-electron chi connectivity index (χ4n) is 2.41. The number of aromatic nitrogens is 6. The molecule has 0 spiro atoms. The third kappa shape index (κ3) is 3.90. The predicted molar refractivity (Wildman–Crippen MR) is 86.6 cm³/mol. The largest absolute Gasteiger partial charge is 0.483 e. The zero-order chi connectivity index (χ0) is 17.2. The number of nitrogens with zero attached hydrogens (tertiary/aromatic N) is 6. The van der Waals surface area contributed by atoms with Crippen LogP contribution in [0.1, 0.15) is 33.5 Å². The zero-order valence-electron chi connectivity index (χ0n) is 14.6. The topological polar surface area (TPSA) is 91.9 Å². The smallest absolute Gasteiger partial charge is 0.188 e. The number of nitrogens with one attached hydrogen (secondary N) is 1. The third-order valence-corrected chi connectivity index (χ3v) is 3.83. The minimum absolute atomic E-state index is 0.0582. The summed E-state index contributed by atoms with van der Waals surface area (Å²) in [6.45, 7) is 10.7. The lowest BCUT2D eigenvalue weighted by Crippen LogP contribution is -2.41. The van der Waals surface area contributed by atoms with Gasteiger partial charge in [0.05, 0.1) is 43.7 Å². The Balaban J connectivity index is 1.55. The minimum Gasteiger partial charge on any atom is -0.483 e.